The van der Waals surface area contributed by atoms with Gasteiger partial charge in [-0.1, -0.05) is 0 Å². The number of fused-ring (bicyclic) bond motifs is 3. The van der Waals surface area contributed by atoms with E-state index < -0.39 is 10.0 Å². The van der Waals surface area contributed by atoms with Crippen molar-refractivity contribution < 1.29 is 8.42 Å². The van der Waals surface area contributed by atoms with Gasteiger partial charge in [0.05, 0.1) is 12.3 Å². The molecule has 1 aromatic heterocycles. The molecule has 0 atom stereocenters. The molecule has 0 saturated heterocycles. The lowest BCUT2D eigenvalue weighted by Gasteiger charge is -2.46. The number of sulfonamides is 1. The van der Waals surface area contributed by atoms with E-state index in [-0.39, 0.29) is 5.41 Å². The smallest absolute Gasteiger partial charge is 0.214 e. The van der Waals surface area contributed by atoms with E-state index in [0.717, 1.165) is 30.2 Å². The fraction of sp³-hybridized carbons (Fsp3) is 0.786. The van der Waals surface area contributed by atoms with E-state index >= 15 is 0 Å². The average Bonchev–Trinajstić information content (AvgIpc) is 2.92. The summed E-state index contributed by atoms with van der Waals surface area (Å²) in [4.78, 5) is 4.17. The molecule has 1 aromatic rings. The lowest BCUT2D eigenvalue weighted by molar-refractivity contribution is 0.0850. The highest BCUT2D eigenvalue weighted by molar-refractivity contribution is 7.89. The van der Waals surface area contributed by atoms with Crippen molar-refractivity contribution in [3.05, 3.63) is 16.6 Å². The Balaban J connectivity index is 1.68. The molecule has 4 rings (SSSR count). The van der Waals surface area contributed by atoms with Crippen LogP contribution in [0, 0.1) is 11.3 Å². The van der Waals surface area contributed by atoms with Gasteiger partial charge >= 0.3 is 0 Å². The van der Waals surface area contributed by atoms with Gasteiger partial charge in [0.25, 0.3) is 0 Å². The maximum atomic E-state index is 12.6. The highest BCUT2D eigenvalue weighted by Gasteiger charge is 2.43. The molecule has 4 nitrogen and oxygen atoms in total. The summed E-state index contributed by atoms with van der Waals surface area (Å²) in [6.07, 6.45) is 8.71. The predicted octanol–water partition coefficient (Wildman–Crippen LogP) is 2.88. The van der Waals surface area contributed by atoms with Crippen molar-refractivity contribution in [2.75, 3.05) is 12.8 Å². The largest absolute Gasteiger partial charge is 0.248 e. The van der Waals surface area contributed by atoms with Crippen LogP contribution >= 0.6 is 11.3 Å². The third-order valence-electron chi connectivity index (χ3n) is 5.05. The van der Waals surface area contributed by atoms with Crippen molar-refractivity contribution >= 4 is 21.4 Å². The number of hydrogen-bond acceptors (Lipinski definition) is 4. The zero-order valence-electron chi connectivity index (χ0n) is 11.9. The summed E-state index contributed by atoms with van der Waals surface area (Å²) in [7, 11) is -1.50. The van der Waals surface area contributed by atoms with Gasteiger partial charge in [-0.05, 0) is 49.9 Å². The van der Waals surface area contributed by atoms with E-state index in [0.29, 0.717) is 12.3 Å². The monoisotopic (exact) mass is 314 g/mol. The van der Waals surface area contributed by atoms with E-state index in [1.165, 1.54) is 34.9 Å². The number of hydrogen-bond donors (Lipinski definition) is 0. The maximum Gasteiger partial charge on any atom is 0.214 e. The average molecular weight is 314 g/mol. The van der Waals surface area contributed by atoms with Crippen LogP contribution in [-0.4, -0.2) is 30.5 Å². The van der Waals surface area contributed by atoms with Crippen LogP contribution < -0.4 is 0 Å². The summed E-state index contributed by atoms with van der Waals surface area (Å²) in [6.45, 7) is 0.401. The molecule has 0 aromatic carbocycles. The van der Waals surface area contributed by atoms with Crippen LogP contribution in [0.5, 0.6) is 0 Å². The quantitative estimate of drug-likeness (QED) is 0.839. The van der Waals surface area contributed by atoms with Crippen LogP contribution in [0.4, 0.5) is 0 Å². The Morgan fingerprint density at radius 3 is 2.55 bits per heavy atom. The zero-order chi connectivity index (χ0) is 14.2. The van der Waals surface area contributed by atoms with Gasteiger partial charge in [0.15, 0.2) is 0 Å². The molecule has 1 heterocycles. The minimum Gasteiger partial charge on any atom is -0.248 e. The van der Waals surface area contributed by atoms with Gasteiger partial charge in [-0.3, -0.25) is 0 Å². The second kappa shape index (κ2) is 5.39. The van der Waals surface area contributed by atoms with Crippen molar-refractivity contribution in [3.8, 4) is 0 Å². The predicted molar refractivity (Wildman–Crippen MR) is 81.0 cm³/mol. The van der Waals surface area contributed by atoms with E-state index in [1.54, 1.807) is 13.2 Å². The van der Waals surface area contributed by atoms with E-state index in [1.807, 2.05) is 5.38 Å². The number of rotatable bonds is 5. The molecule has 20 heavy (non-hydrogen) atoms. The molecule has 3 aliphatic rings. The Hall–Kier alpha value is -0.460. The first-order chi connectivity index (χ1) is 9.49. The molecule has 0 radical (unpaired) electrons. The molecular weight excluding hydrogens is 292 g/mol. The van der Waals surface area contributed by atoms with Crippen molar-refractivity contribution in [1.82, 2.24) is 9.29 Å². The van der Waals surface area contributed by atoms with E-state index in [9.17, 15) is 8.42 Å². The summed E-state index contributed by atoms with van der Waals surface area (Å²) in [6, 6.07) is 0. The Morgan fingerprint density at radius 2 is 2.00 bits per heavy atom. The summed E-state index contributed by atoms with van der Waals surface area (Å²) in [5, 5.41) is 2.75. The van der Waals surface area contributed by atoms with Gasteiger partial charge in [-0.15, -0.1) is 11.3 Å². The molecule has 6 heteroatoms. The molecule has 3 saturated carbocycles. The Labute approximate surface area is 125 Å². The molecular formula is C14H22N2O2S2. The third kappa shape index (κ3) is 2.92. The van der Waals surface area contributed by atoms with Crippen LogP contribution in [0.3, 0.4) is 0 Å². The first-order valence-corrected chi connectivity index (χ1v) is 9.80. The molecule has 3 fully saturated rings. The molecule has 0 amide bonds. The summed E-state index contributed by atoms with van der Waals surface area (Å²) >= 11 is 1.51. The number of aromatic nitrogens is 1. The lowest BCUT2D eigenvalue weighted by Crippen LogP contribution is -2.43. The fourth-order valence-corrected chi connectivity index (χ4v) is 6.17. The molecule has 0 spiro atoms. The van der Waals surface area contributed by atoms with Crippen molar-refractivity contribution in [2.45, 2.75) is 45.1 Å². The normalized spacial score (nSPS) is 30.0. The van der Waals surface area contributed by atoms with Crippen molar-refractivity contribution in [1.29, 1.82) is 0 Å². The zero-order valence-corrected chi connectivity index (χ0v) is 13.5. The van der Waals surface area contributed by atoms with Crippen LogP contribution in [-0.2, 0) is 16.6 Å². The lowest BCUT2D eigenvalue weighted by atomic mass is 9.62. The fourth-order valence-electron chi connectivity index (χ4n) is 3.67. The molecule has 0 N–H and O–H groups in total. The molecule has 0 unspecified atom stereocenters. The first-order valence-electron chi connectivity index (χ1n) is 7.32. The van der Waals surface area contributed by atoms with Crippen LogP contribution in [0.2, 0.25) is 0 Å². The van der Waals surface area contributed by atoms with Crippen LogP contribution in [0.25, 0.3) is 0 Å². The molecule has 0 aliphatic heterocycles. The third-order valence-corrected chi connectivity index (χ3v) is 7.87. The maximum absolute atomic E-state index is 12.6. The van der Waals surface area contributed by atoms with Gasteiger partial charge in [0, 0.05) is 18.6 Å². The summed E-state index contributed by atoms with van der Waals surface area (Å²) in [5.41, 5.74) is 0.0602. The number of thiazole rings is 1. The van der Waals surface area contributed by atoms with Gasteiger partial charge < -0.3 is 0 Å². The highest BCUT2D eigenvalue weighted by atomic mass is 32.2. The molecule has 112 valence electrons. The van der Waals surface area contributed by atoms with Crippen LogP contribution in [0.1, 0.15) is 43.5 Å². The van der Waals surface area contributed by atoms with E-state index in [4.69, 9.17) is 0 Å². The Kier molecular flexibility index (Phi) is 3.90. The van der Waals surface area contributed by atoms with Gasteiger partial charge in [-0.25, -0.2) is 13.4 Å². The van der Waals surface area contributed by atoms with Gasteiger partial charge in [0.2, 0.25) is 10.0 Å². The SMILES string of the molecule is CN(Cc1nccs1)S(=O)(=O)CC12CCC(CC1)CC2. The Morgan fingerprint density at radius 1 is 1.35 bits per heavy atom. The Bertz CT molecular complexity index is 532. The van der Waals surface area contributed by atoms with Crippen molar-refractivity contribution in [2.24, 2.45) is 11.3 Å². The second-order valence-corrected chi connectivity index (χ2v) is 9.48. The summed E-state index contributed by atoms with van der Waals surface area (Å²) < 4.78 is 26.7. The minimum atomic E-state index is -3.18. The highest BCUT2D eigenvalue weighted by Crippen LogP contribution is 2.51. The van der Waals surface area contributed by atoms with Gasteiger partial charge in [0.1, 0.15) is 5.01 Å². The minimum absolute atomic E-state index is 0.0602. The van der Waals surface area contributed by atoms with Crippen molar-refractivity contribution in [3.63, 3.8) is 0 Å². The van der Waals surface area contributed by atoms with Gasteiger partial charge in [-0.2, -0.15) is 4.31 Å². The van der Waals surface area contributed by atoms with E-state index in [2.05, 4.69) is 4.98 Å². The molecule has 2 bridgehead atoms. The standard InChI is InChI=1S/C14H22N2O2S2/c1-16(10-13-15-8-9-19-13)20(17,18)11-14-5-2-12(3-6-14)4-7-14/h8-9,12H,2-7,10-11H2,1H3. The molecule has 3 aliphatic carbocycles. The van der Waals surface area contributed by atoms with Crippen LogP contribution in [0.15, 0.2) is 11.6 Å². The second-order valence-electron chi connectivity index (χ2n) is 6.42. The topological polar surface area (TPSA) is 50.3 Å². The first kappa shape index (κ1) is 14.5. The summed E-state index contributed by atoms with van der Waals surface area (Å²) in [5.74, 6) is 1.20. The number of nitrogens with zero attached hydrogens (tertiary/aromatic N) is 2.